The number of esters is 1. The Labute approximate surface area is 116 Å². The van der Waals surface area contributed by atoms with Gasteiger partial charge in [-0.05, 0) is 19.4 Å². The van der Waals surface area contributed by atoms with Gasteiger partial charge in [-0.1, -0.05) is 37.7 Å². The third kappa shape index (κ3) is 3.08. The lowest BCUT2D eigenvalue weighted by molar-refractivity contribution is -0.138. The van der Waals surface area contributed by atoms with Crippen molar-refractivity contribution in [1.82, 2.24) is 4.90 Å². The van der Waals surface area contributed by atoms with E-state index in [0.29, 0.717) is 23.3 Å². The zero-order valence-electron chi connectivity index (χ0n) is 11.5. The summed E-state index contributed by atoms with van der Waals surface area (Å²) in [4.78, 5) is 13.7. The average Bonchev–Trinajstić information content (AvgIpc) is 2.40. The third-order valence-electron chi connectivity index (χ3n) is 2.80. The molecule has 2 radical (unpaired) electrons. The van der Waals surface area contributed by atoms with Gasteiger partial charge in [0.2, 0.25) is 0 Å². The van der Waals surface area contributed by atoms with Gasteiger partial charge in [0.1, 0.15) is 7.85 Å². The van der Waals surface area contributed by atoms with E-state index in [1.807, 2.05) is 6.92 Å². The number of nitrogens with zero attached hydrogens (tertiary/aromatic N) is 1. The lowest BCUT2D eigenvalue weighted by Crippen LogP contribution is -2.23. The van der Waals surface area contributed by atoms with Crippen molar-refractivity contribution in [3.63, 3.8) is 0 Å². The van der Waals surface area contributed by atoms with Crippen molar-refractivity contribution in [2.75, 3.05) is 6.61 Å². The highest BCUT2D eigenvalue weighted by Crippen LogP contribution is 2.28. The van der Waals surface area contributed by atoms with Crippen LogP contribution in [0.3, 0.4) is 0 Å². The summed E-state index contributed by atoms with van der Waals surface area (Å²) < 4.78 is 5.03. The Morgan fingerprint density at radius 1 is 1.42 bits per heavy atom. The predicted molar refractivity (Wildman–Crippen MR) is 78.1 cm³/mol. The summed E-state index contributed by atoms with van der Waals surface area (Å²) in [5, 5.41) is 0. The molecule has 0 atom stereocenters. The Morgan fingerprint density at radius 2 is 2.11 bits per heavy atom. The van der Waals surface area contributed by atoms with E-state index in [-0.39, 0.29) is 0 Å². The minimum Gasteiger partial charge on any atom is -0.462 e. The second-order valence-corrected chi connectivity index (χ2v) is 3.87. The van der Waals surface area contributed by atoms with E-state index in [9.17, 15) is 4.79 Å². The van der Waals surface area contributed by atoms with Crippen molar-refractivity contribution in [3.05, 3.63) is 60.0 Å². The smallest absolute Gasteiger partial charge is 0.340 e. The molecule has 1 rings (SSSR count). The fraction of sp³-hybridized carbons (Fsp3) is 0.267. The van der Waals surface area contributed by atoms with Crippen molar-refractivity contribution in [2.45, 2.75) is 20.3 Å². The van der Waals surface area contributed by atoms with Gasteiger partial charge in [0, 0.05) is 11.9 Å². The van der Waals surface area contributed by atoms with Gasteiger partial charge in [-0.3, -0.25) is 0 Å². The molecule has 0 spiro atoms. The van der Waals surface area contributed by atoms with Crippen LogP contribution in [0.1, 0.15) is 20.3 Å². The quantitative estimate of drug-likeness (QED) is 0.430. The molecule has 1 heterocycles. The van der Waals surface area contributed by atoms with Crippen LogP contribution in [0.4, 0.5) is 0 Å². The fourth-order valence-electron chi connectivity index (χ4n) is 1.93. The molecule has 0 saturated heterocycles. The second kappa shape index (κ2) is 6.83. The first kappa shape index (κ1) is 15.1. The topological polar surface area (TPSA) is 29.5 Å². The summed E-state index contributed by atoms with van der Waals surface area (Å²) in [5.74, 6) is -0.403. The molecule has 0 aromatic heterocycles. The highest BCUT2D eigenvalue weighted by atomic mass is 16.5. The van der Waals surface area contributed by atoms with E-state index in [4.69, 9.17) is 12.6 Å². The molecule has 0 amide bonds. The Balaban J connectivity index is 3.32. The molecular weight excluding hydrogens is 237 g/mol. The van der Waals surface area contributed by atoms with Crippen LogP contribution in [-0.4, -0.2) is 25.3 Å². The minimum absolute atomic E-state index is 0.319. The summed E-state index contributed by atoms with van der Waals surface area (Å²) in [7, 11) is 5.93. The van der Waals surface area contributed by atoms with E-state index >= 15 is 0 Å². The van der Waals surface area contributed by atoms with Gasteiger partial charge in [-0.25, -0.2) is 4.79 Å². The molecule has 1 aliphatic heterocycles. The Bertz CT molecular complexity index is 486. The van der Waals surface area contributed by atoms with Crippen LogP contribution >= 0.6 is 0 Å². The fourth-order valence-corrected chi connectivity index (χ4v) is 1.93. The van der Waals surface area contributed by atoms with Gasteiger partial charge in [0.15, 0.2) is 0 Å². The summed E-state index contributed by atoms with van der Waals surface area (Å²) in [6, 6.07) is 0. The van der Waals surface area contributed by atoms with Crippen molar-refractivity contribution in [1.29, 1.82) is 0 Å². The maximum Gasteiger partial charge on any atom is 0.340 e. The highest BCUT2D eigenvalue weighted by molar-refractivity contribution is 6.24. The molecule has 3 nitrogen and oxygen atoms in total. The highest BCUT2D eigenvalue weighted by Gasteiger charge is 2.21. The Kier molecular flexibility index (Phi) is 5.43. The van der Waals surface area contributed by atoms with Gasteiger partial charge < -0.3 is 9.64 Å². The molecule has 0 bridgehead atoms. The minimum atomic E-state index is -0.403. The number of allylic oxidation sites excluding steroid dienone is 4. The van der Waals surface area contributed by atoms with Crippen LogP contribution in [0.15, 0.2) is 60.0 Å². The van der Waals surface area contributed by atoms with Gasteiger partial charge in [-0.2, -0.15) is 0 Å². The number of hydrogen-bond donors (Lipinski definition) is 0. The Morgan fingerprint density at radius 3 is 2.58 bits per heavy atom. The van der Waals surface area contributed by atoms with Crippen molar-refractivity contribution >= 4 is 13.8 Å². The standard InChI is InChI=1S/C15H18BNO2/c1-5-11(15(18)19-8-4)14-10-9-12(16)13(6-2)17(14)7-3/h5,7,9-10H,1,3,6,8H2,2,4H3/b14-11+. The number of ether oxygens (including phenoxy) is 1. The van der Waals surface area contributed by atoms with E-state index in [0.717, 1.165) is 12.1 Å². The number of rotatable bonds is 5. The molecule has 0 aliphatic carbocycles. The maximum atomic E-state index is 11.9. The van der Waals surface area contributed by atoms with Gasteiger partial charge >= 0.3 is 5.97 Å². The first-order chi connectivity index (χ1) is 9.10. The molecule has 1 aliphatic rings. The summed E-state index contributed by atoms with van der Waals surface area (Å²) in [6.07, 6.45) is 7.40. The van der Waals surface area contributed by atoms with Crippen LogP contribution in [0.2, 0.25) is 0 Å². The van der Waals surface area contributed by atoms with Gasteiger partial charge in [-0.15, -0.1) is 0 Å². The number of carbonyl (C=O) groups is 1. The zero-order valence-corrected chi connectivity index (χ0v) is 11.5. The SMILES string of the molecule is [B]C1=C(CC)N(C=C)/C(=C(\C=C)C(=O)OCC)C=C1. The van der Waals surface area contributed by atoms with Crippen LogP contribution in [0.5, 0.6) is 0 Å². The lowest BCUT2D eigenvalue weighted by Gasteiger charge is -2.30. The van der Waals surface area contributed by atoms with E-state index in [1.54, 1.807) is 30.2 Å². The zero-order chi connectivity index (χ0) is 14.4. The predicted octanol–water partition coefficient (Wildman–Crippen LogP) is 2.80. The molecule has 98 valence electrons. The molecule has 0 aromatic carbocycles. The average molecular weight is 255 g/mol. The lowest BCUT2D eigenvalue weighted by atomic mass is 9.88. The number of carbonyl (C=O) groups excluding carboxylic acids is 1. The first-order valence-corrected chi connectivity index (χ1v) is 6.22. The van der Waals surface area contributed by atoms with Gasteiger partial charge in [0.25, 0.3) is 0 Å². The molecule has 4 heteroatoms. The molecule has 0 fully saturated rings. The summed E-state index contributed by atoms with van der Waals surface area (Å²) >= 11 is 0. The van der Waals surface area contributed by atoms with Crippen molar-refractivity contribution in [2.24, 2.45) is 0 Å². The van der Waals surface area contributed by atoms with Crippen molar-refractivity contribution in [3.8, 4) is 0 Å². The molecule has 0 saturated carbocycles. The second-order valence-electron chi connectivity index (χ2n) is 3.87. The van der Waals surface area contributed by atoms with Crippen LogP contribution in [0.25, 0.3) is 0 Å². The monoisotopic (exact) mass is 255 g/mol. The van der Waals surface area contributed by atoms with Crippen molar-refractivity contribution < 1.29 is 9.53 Å². The molecular formula is C15H18BNO2. The molecule has 0 N–H and O–H groups in total. The summed E-state index contributed by atoms with van der Waals surface area (Å²) in [6.45, 7) is 11.5. The van der Waals surface area contributed by atoms with Gasteiger partial charge in [0.05, 0.1) is 17.9 Å². The largest absolute Gasteiger partial charge is 0.462 e. The normalized spacial score (nSPS) is 17.3. The van der Waals surface area contributed by atoms with Crippen LogP contribution in [-0.2, 0) is 9.53 Å². The molecule has 0 aromatic rings. The van der Waals surface area contributed by atoms with E-state index in [1.165, 1.54) is 6.08 Å². The molecule has 19 heavy (non-hydrogen) atoms. The van der Waals surface area contributed by atoms with E-state index < -0.39 is 5.97 Å². The Hall–Kier alpha value is -1.97. The maximum absolute atomic E-state index is 11.9. The first-order valence-electron chi connectivity index (χ1n) is 6.22. The third-order valence-corrected chi connectivity index (χ3v) is 2.80. The molecule has 0 unspecified atom stereocenters. The van der Waals surface area contributed by atoms with Crippen LogP contribution < -0.4 is 0 Å². The number of hydrogen-bond acceptors (Lipinski definition) is 3. The summed E-state index contributed by atoms with van der Waals surface area (Å²) in [5.41, 5.74) is 2.64. The van der Waals surface area contributed by atoms with E-state index in [2.05, 4.69) is 13.2 Å². The van der Waals surface area contributed by atoms with Crippen LogP contribution in [0, 0.1) is 0 Å².